The standard InChI is InChI=1S/C19H15Cl2NOS/c20-15-10-9-14(11-16(15)21)24-19-17(7-4-8-18(19)23)22-12-13-5-2-1-3-6-13/h1-11,22-23H,12H2. The minimum absolute atomic E-state index is 0.226. The van der Waals surface area contributed by atoms with Crippen LogP contribution in [0.15, 0.2) is 76.5 Å². The topological polar surface area (TPSA) is 32.3 Å². The zero-order chi connectivity index (χ0) is 16.9. The van der Waals surface area contributed by atoms with Crippen LogP contribution < -0.4 is 5.32 Å². The molecule has 0 aromatic heterocycles. The molecule has 0 radical (unpaired) electrons. The molecule has 2 nitrogen and oxygen atoms in total. The van der Waals surface area contributed by atoms with Crippen molar-refractivity contribution >= 4 is 40.7 Å². The van der Waals surface area contributed by atoms with E-state index >= 15 is 0 Å². The van der Waals surface area contributed by atoms with Gasteiger partial charge in [0.15, 0.2) is 0 Å². The lowest BCUT2D eigenvalue weighted by atomic mass is 10.2. The average molecular weight is 376 g/mol. The van der Waals surface area contributed by atoms with Crippen molar-refractivity contribution in [2.24, 2.45) is 0 Å². The molecule has 0 spiro atoms. The van der Waals surface area contributed by atoms with E-state index in [0.29, 0.717) is 16.6 Å². The molecule has 0 unspecified atom stereocenters. The predicted octanol–water partition coefficient (Wildman–Crippen LogP) is 6.46. The van der Waals surface area contributed by atoms with E-state index in [1.807, 2.05) is 36.4 Å². The van der Waals surface area contributed by atoms with Crippen molar-refractivity contribution < 1.29 is 5.11 Å². The Bertz CT molecular complexity index is 840. The Balaban J connectivity index is 1.83. The predicted molar refractivity (Wildman–Crippen MR) is 102 cm³/mol. The van der Waals surface area contributed by atoms with Gasteiger partial charge < -0.3 is 10.4 Å². The molecule has 5 heteroatoms. The molecule has 3 aromatic carbocycles. The monoisotopic (exact) mass is 375 g/mol. The molecule has 0 aliphatic carbocycles. The van der Waals surface area contributed by atoms with Crippen molar-refractivity contribution in [1.82, 2.24) is 0 Å². The van der Waals surface area contributed by atoms with E-state index in [1.165, 1.54) is 17.3 Å². The van der Waals surface area contributed by atoms with Gasteiger partial charge in [-0.05, 0) is 35.9 Å². The number of phenolic OH excluding ortho intramolecular Hbond substituents is 1. The minimum Gasteiger partial charge on any atom is -0.507 e. The fourth-order valence-corrected chi connectivity index (χ4v) is 3.56. The number of benzene rings is 3. The second kappa shape index (κ2) is 7.84. The summed E-state index contributed by atoms with van der Waals surface area (Å²) in [5.74, 6) is 0.226. The first-order chi connectivity index (χ1) is 11.6. The molecule has 0 amide bonds. The molecule has 122 valence electrons. The summed E-state index contributed by atoms with van der Waals surface area (Å²) < 4.78 is 0. The number of hydrogen-bond donors (Lipinski definition) is 2. The highest BCUT2D eigenvalue weighted by Gasteiger charge is 2.11. The van der Waals surface area contributed by atoms with Crippen LogP contribution in [-0.4, -0.2) is 5.11 Å². The van der Waals surface area contributed by atoms with Crippen molar-refractivity contribution in [2.75, 3.05) is 5.32 Å². The summed E-state index contributed by atoms with van der Waals surface area (Å²) in [4.78, 5) is 1.67. The van der Waals surface area contributed by atoms with Gasteiger partial charge in [-0.25, -0.2) is 0 Å². The van der Waals surface area contributed by atoms with Crippen LogP contribution in [0.2, 0.25) is 10.0 Å². The molecule has 0 fully saturated rings. The van der Waals surface area contributed by atoms with Gasteiger partial charge in [0, 0.05) is 11.4 Å². The van der Waals surface area contributed by atoms with Crippen molar-refractivity contribution in [3.8, 4) is 5.75 Å². The van der Waals surface area contributed by atoms with Gasteiger partial charge in [0.05, 0.1) is 20.6 Å². The Kier molecular flexibility index (Phi) is 5.56. The maximum Gasteiger partial charge on any atom is 0.131 e. The van der Waals surface area contributed by atoms with Gasteiger partial charge in [-0.15, -0.1) is 0 Å². The van der Waals surface area contributed by atoms with Crippen molar-refractivity contribution in [2.45, 2.75) is 16.3 Å². The molecule has 24 heavy (non-hydrogen) atoms. The third-order valence-electron chi connectivity index (χ3n) is 3.43. The first-order valence-corrected chi connectivity index (χ1v) is 8.93. The first kappa shape index (κ1) is 17.0. The van der Waals surface area contributed by atoms with Crippen LogP contribution in [0.1, 0.15) is 5.56 Å². The van der Waals surface area contributed by atoms with Crippen LogP contribution in [0.4, 0.5) is 5.69 Å². The first-order valence-electron chi connectivity index (χ1n) is 7.36. The SMILES string of the molecule is Oc1cccc(NCc2ccccc2)c1Sc1ccc(Cl)c(Cl)c1. The highest BCUT2D eigenvalue weighted by Crippen LogP contribution is 2.41. The fraction of sp³-hybridized carbons (Fsp3) is 0.0526. The lowest BCUT2D eigenvalue weighted by molar-refractivity contribution is 0.463. The van der Waals surface area contributed by atoms with Crippen LogP contribution in [0.5, 0.6) is 5.75 Å². The van der Waals surface area contributed by atoms with Gasteiger partial charge in [0.25, 0.3) is 0 Å². The van der Waals surface area contributed by atoms with Crippen molar-refractivity contribution in [3.63, 3.8) is 0 Å². The number of halogens is 2. The Morgan fingerprint density at radius 2 is 1.67 bits per heavy atom. The third kappa shape index (κ3) is 4.18. The Morgan fingerprint density at radius 1 is 0.875 bits per heavy atom. The Labute approximate surface area is 155 Å². The molecular weight excluding hydrogens is 361 g/mol. The van der Waals surface area contributed by atoms with Gasteiger partial charge in [-0.1, -0.05) is 71.4 Å². The van der Waals surface area contributed by atoms with Crippen molar-refractivity contribution in [3.05, 3.63) is 82.3 Å². The molecule has 3 aromatic rings. The van der Waals surface area contributed by atoms with Crippen LogP contribution in [-0.2, 0) is 6.54 Å². The number of rotatable bonds is 5. The minimum atomic E-state index is 0.226. The second-order valence-corrected chi connectivity index (χ2v) is 7.07. The molecule has 0 aliphatic heterocycles. The molecule has 0 saturated carbocycles. The van der Waals surface area contributed by atoms with E-state index in [1.54, 1.807) is 18.2 Å². The van der Waals surface area contributed by atoms with Crippen LogP contribution in [0.25, 0.3) is 0 Å². The third-order valence-corrected chi connectivity index (χ3v) is 5.29. The number of anilines is 1. The zero-order valence-corrected chi connectivity index (χ0v) is 15.0. The molecule has 2 N–H and O–H groups in total. The Morgan fingerprint density at radius 3 is 2.42 bits per heavy atom. The lowest BCUT2D eigenvalue weighted by Crippen LogP contribution is -2.00. The second-order valence-electron chi connectivity index (χ2n) is 5.17. The van der Waals surface area contributed by atoms with Crippen LogP contribution in [0.3, 0.4) is 0 Å². The number of nitrogens with one attached hydrogen (secondary N) is 1. The molecular formula is C19H15Cl2NOS. The van der Waals surface area contributed by atoms with Gasteiger partial charge in [0.2, 0.25) is 0 Å². The van der Waals surface area contributed by atoms with Gasteiger partial charge in [-0.3, -0.25) is 0 Å². The lowest BCUT2D eigenvalue weighted by Gasteiger charge is -2.13. The highest BCUT2D eigenvalue weighted by molar-refractivity contribution is 7.99. The van der Waals surface area contributed by atoms with E-state index in [4.69, 9.17) is 23.2 Å². The molecule has 3 rings (SSSR count). The van der Waals surface area contributed by atoms with E-state index < -0.39 is 0 Å². The largest absolute Gasteiger partial charge is 0.507 e. The van der Waals surface area contributed by atoms with E-state index in [9.17, 15) is 5.11 Å². The van der Waals surface area contributed by atoms with Gasteiger partial charge >= 0.3 is 0 Å². The van der Waals surface area contributed by atoms with Crippen molar-refractivity contribution in [1.29, 1.82) is 0 Å². The average Bonchev–Trinajstić information content (AvgIpc) is 2.59. The molecule has 0 bridgehead atoms. The number of hydrogen-bond acceptors (Lipinski definition) is 3. The smallest absolute Gasteiger partial charge is 0.131 e. The number of aromatic hydroxyl groups is 1. The maximum absolute atomic E-state index is 10.3. The summed E-state index contributed by atoms with van der Waals surface area (Å²) in [5.41, 5.74) is 2.04. The van der Waals surface area contributed by atoms with Gasteiger partial charge in [-0.2, -0.15) is 0 Å². The molecule has 0 saturated heterocycles. The normalized spacial score (nSPS) is 10.6. The summed E-state index contributed by atoms with van der Waals surface area (Å²) in [6.07, 6.45) is 0. The van der Waals surface area contributed by atoms with E-state index in [-0.39, 0.29) is 5.75 Å². The van der Waals surface area contributed by atoms with E-state index in [0.717, 1.165) is 15.5 Å². The highest BCUT2D eigenvalue weighted by atomic mass is 35.5. The molecule has 0 atom stereocenters. The summed E-state index contributed by atoms with van der Waals surface area (Å²) in [6, 6.07) is 21.0. The van der Waals surface area contributed by atoms with Crippen LogP contribution >= 0.6 is 35.0 Å². The zero-order valence-electron chi connectivity index (χ0n) is 12.7. The van der Waals surface area contributed by atoms with E-state index in [2.05, 4.69) is 17.4 Å². The molecule has 0 aliphatic rings. The summed E-state index contributed by atoms with van der Waals surface area (Å²) in [6.45, 7) is 0.680. The fourth-order valence-electron chi connectivity index (χ4n) is 2.22. The van der Waals surface area contributed by atoms with Crippen LogP contribution in [0, 0.1) is 0 Å². The summed E-state index contributed by atoms with van der Waals surface area (Å²) >= 11 is 13.5. The maximum atomic E-state index is 10.3. The molecule has 0 heterocycles. The summed E-state index contributed by atoms with van der Waals surface area (Å²) in [7, 11) is 0. The van der Waals surface area contributed by atoms with Gasteiger partial charge in [0.1, 0.15) is 5.75 Å². The Hall–Kier alpha value is -1.81. The number of phenols is 1. The quantitative estimate of drug-likeness (QED) is 0.536. The summed E-state index contributed by atoms with van der Waals surface area (Å²) in [5, 5.41) is 14.6.